The average molecular weight is 235 g/mol. The molecule has 0 aliphatic heterocycles. The van der Waals surface area contributed by atoms with Gasteiger partial charge in [-0.1, -0.05) is 26.0 Å². The molecule has 0 aliphatic carbocycles. The van der Waals surface area contributed by atoms with Crippen molar-refractivity contribution < 1.29 is 5.11 Å². The van der Waals surface area contributed by atoms with Gasteiger partial charge in [0.05, 0.1) is 0 Å². The minimum atomic E-state index is 0.230. The highest BCUT2D eigenvalue weighted by Gasteiger charge is 2.21. The maximum Gasteiger partial charge on any atom is 0.120 e. The van der Waals surface area contributed by atoms with Crippen LogP contribution in [-0.2, 0) is 0 Å². The maximum absolute atomic E-state index is 10.0. The first-order chi connectivity index (χ1) is 7.84. The molecule has 0 spiro atoms. The van der Waals surface area contributed by atoms with Gasteiger partial charge in [-0.05, 0) is 45.4 Å². The summed E-state index contributed by atoms with van der Waals surface area (Å²) in [4.78, 5) is 2.31. The molecule has 0 bridgehead atoms. The van der Waals surface area contributed by atoms with E-state index in [1.165, 1.54) is 0 Å². The smallest absolute Gasteiger partial charge is 0.120 e. The molecular weight excluding hydrogens is 210 g/mol. The van der Waals surface area contributed by atoms with Crippen molar-refractivity contribution >= 4 is 0 Å². The highest BCUT2D eigenvalue weighted by atomic mass is 16.3. The van der Waals surface area contributed by atoms with E-state index in [0.29, 0.717) is 17.7 Å². The van der Waals surface area contributed by atoms with Gasteiger partial charge in [-0.2, -0.15) is 0 Å². The van der Waals surface area contributed by atoms with Crippen LogP contribution >= 0.6 is 0 Å². The van der Waals surface area contributed by atoms with Crippen molar-refractivity contribution in [1.82, 2.24) is 4.90 Å². The molecule has 0 aliphatic rings. The third kappa shape index (κ3) is 3.22. The molecule has 1 aromatic rings. The van der Waals surface area contributed by atoms with Gasteiger partial charge in [0.15, 0.2) is 0 Å². The average Bonchev–Trinajstić information content (AvgIpc) is 2.26. The zero-order valence-electron chi connectivity index (χ0n) is 11.9. The molecule has 2 nitrogen and oxygen atoms in total. The first kappa shape index (κ1) is 14.0. The van der Waals surface area contributed by atoms with E-state index < -0.39 is 0 Å². The number of benzene rings is 1. The molecule has 0 saturated carbocycles. The number of nitrogens with zero attached hydrogens (tertiary/aromatic N) is 1. The molecule has 1 N–H and O–H groups in total. The second-order valence-electron chi connectivity index (χ2n) is 5.39. The Morgan fingerprint density at radius 2 is 1.71 bits per heavy atom. The van der Waals surface area contributed by atoms with Crippen LogP contribution in [0.25, 0.3) is 0 Å². The Kier molecular flexibility index (Phi) is 4.58. The Morgan fingerprint density at radius 1 is 1.12 bits per heavy atom. The maximum atomic E-state index is 10.0. The lowest BCUT2D eigenvalue weighted by Crippen LogP contribution is -2.35. The Hall–Kier alpha value is -1.02. The SMILES string of the molecule is Cc1ccc(C(C)N(C)C(C)C(C)C)c(O)c1. The zero-order chi connectivity index (χ0) is 13.2. The van der Waals surface area contributed by atoms with E-state index in [1.54, 1.807) is 0 Å². The fourth-order valence-corrected chi connectivity index (χ4v) is 2.05. The van der Waals surface area contributed by atoms with Crippen LogP contribution in [-0.4, -0.2) is 23.1 Å². The van der Waals surface area contributed by atoms with Gasteiger partial charge in [-0.3, -0.25) is 4.90 Å². The molecular formula is C15H25NO. The topological polar surface area (TPSA) is 23.5 Å². The van der Waals surface area contributed by atoms with E-state index in [0.717, 1.165) is 11.1 Å². The van der Waals surface area contributed by atoms with Crippen LogP contribution in [0.2, 0.25) is 0 Å². The summed E-state index contributed by atoms with van der Waals surface area (Å²) in [7, 11) is 2.12. The second kappa shape index (κ2) is 5.54. The summed E-state index contributed by atoms with van der Waals surface area (Å²) < 4.78 is 0. The third-order valence-corrected chi connectivity index (χ3v) is 3.85. The fraction of sp³-hybridized carbons (Fsp3) is 0.600. The molecule has 0 aromatic heterocycles. The summed E-state index contributed by atoms with van der Waals surface area (Å²) >= 11 is 0. The van der Waals surface area contributed by atoms with Crippen molar-refractivity contribution in [3.8, 4) is 5.75 Å². The largest absolute Gasteiger partial charge is 0.508 e. The summed E-state index contributed by atoms with van der Waals surface area (Å²) in [6.45, 7) is 10.8. The summed E-state index contributed by atoms with van der Waals surface area (Å²) in [5, 5.41) is 10.0. The van der Waals surface area contributed by atoms with E-state index in [4.69, 9.17) is 0 Å². The normalized spacial score (nSPS) is 15.3. The number of phenols is 1. The first-order valence-electron chi connectivity index (χ1n) is 6.36. The summed E-state index contributed by atoms with van der Waals surface area (Å²) in [5.41, 5.74) is 2.10. The zero-order valence-corrected chi connectivity index (χ0v) is 11.9. The van der Waals surface area contributed by atoms with Gasteiger partial charge in [0.2, 0.25) is 0 Å². The molecule has 1 rings (SSSR count). The van der Waals surface area contributed by atoms with Crippen LogP contribution in [0.5, 0.6) is 5.75 Å². The van der Waals surface area contributed by atoms with E-state index in [2.05, 4.69) is 45.7 Å². The fourth-order valence-electron chi connectivity index (χ4n) is 2.05. The highest BCUT2D eigenvalue weighted by Crippen LogP contribution is 2.30. The quantitative estimate of drug-likeness (QED) is 0.859. The number of hydrogen-bond acceptors (Lipinski definition) is 2. The Balaban J connectivity index is 2.92. The third-order valence-electron chi connectivity index (χ3n) is 3.85. The lowest BCUT2D eigenvalue weighted by Gasteiger charge is -2.33. The van der Waals surface area contributed by atoms with Crippen molar-refractivity contribution in [3.05, 3.63) is 29.3 Å². The Bertz CT molecular complexity index is 373. The lowest BCUT2D eigenvalue weighted by molar-refractivity contribution is 0.156. The predicted molar refractivity (Wildman–Crippen MR) is 73.3 cm³/mol. The minimum absolute atomic E-state index is 0.230. The van der Waals surface area contributed by atoms with Crippen LogP contribution in [0.1, 0.15) is 44.9 Å². The summed E-state index contributed by atoms with van der Waals surface area (Å²) in [6, 6.07) is 6.64. The summed E-state index contributed by atoms with van der Waals surface area (Å²) in [5.74, 6) is 1.01. The van der Waals surface area contributed by atoms with Crippen LogP contribution in [0, 0.1) is 12.8 Å². The molecule has 96 valence electrons. The molecule has 2 unspecified atom stereocenters. The van der Waals surface area contributed by atoms with Gasteiger partial charge in [-0.15, -0.1) is 0 Å². The van der Waals surface area contributed by atoms with Gasteiger partial charge in [0.25, 0.3) is 0 Å². The van der Waals surface area contributed by atoms with Crippen LogP contribution < -0.4 is 0 Å². The van der Waals surface area contributed by atoms with Crippen molar-refractivity contribution in [2.45, 2.75) is 46.7 Å². The lowest BCUT2D eigenvalue weighted by atomic mass is 9.99. The second-order valence-corrected chi connectivity index (χ2v) is 5.39. The number of aromatic hydroxyl groups is 1. The molecule has 17 heavy (non-hydrogen) atoms. The first-order valence-corrected chi connectivity index (χ1v) is 6.36. The number of rotatable bonds is 4. The standard InChI is InChI=1S/C15H25NO/c1-10(2)12(4)16(6)13(5)14-8-7-11(3)9-15(14)17/h7-10,12-13,17H,1-6H3. The van der Waals surface area contributed by atoms with E-state index in [-0.39, 0.29) is 6.04 Å². The number of hydrogen-bond donors (Lipinski definition) is 1. The molecule has 2 heteroatoms. The Morgan fingerprint density at radius 3 is 2.18 bits per heavy atom. The van der Waals surface area contributed by atoms with Gasteiger partial charge in [0.1, 0.15) is 5.75 Å². The molecule has 2 atom stereocenters. The van der Waals surface area contributed by atoms with E-state index >= 15 is 0 Å². The molecule has 0 fully saturated rings. The van der Waals surface area contributed by atoms with Crippen LogP contribution in [0.4, 0.5) is 0 Å². The van der Waals surface area contributed by atoms with Crippen LogP contribution in [0.15, 0.2) is 18.2 Å². The highest BCUT2D eigenvalue weighted by molar-refractivity contribution is 5.37. The predicted octanol–water partition coefficient (Wildman–Crippen LogP) is 3.74. The molecule has 1 aromatic carbocycles. The van der Waals surface area contributed by atoms with Crippen molar-refractivity contribution in [3.63, 3.8) is 0 Å². The molecule has 0 heterocycles. The molecule has 0 radical (unpaired) electrons. The minimum Gasteiger partial charge on any atom is -0.508 e. The van der Waals surface area contributed by atoms with Gasteiger partial charge < -0.3 is 5.11 Å². The molecule has 0 amide bonds. The van der Waals surface area contributed by atoms with Crippen molar-refractivity contribution in [1.29, 1.82) is 0 Å². The van der Waals surface area contributed by atoms with Crippen molar-refractivity contribution in [2.24, 2.45) is 5.92 Å². The van der Waals surface area contributed by atoms with E-state index in [1.807, 2.05) is 19.1 Å². The van der Waals surface area contributed by atoms with E-state index in [9.17, 15) is 5.11 Å². The van der Waals surface area contributed by atoms with Crippen LogP contribution in [0.3, 0.4) is 0 Å². The summed E-state index contributed by atoms with van der Waals surface area (Å²) in [6.07, 6.45) is 0. The van der Waals surface area contributed by atoms with Gasteiger partial charge >= 0.3 is 0 Å². The number of phenolic OH excluding ortho intramolecular Hbond substituents is 1. The van der Waals surface area contributed by atoms with Crippen molar-refractivity contribution in [2.75, 3.05) is 7.05 Å². The van der Waals surface area contributed by atoms with Gasteiger partial charge in [-0.25, -0.2) is 0 Å². The van der Waals surface area contributed by atoms with Gasteiger partial charge in [0, 0.05) is 17.6 Å². The number of aryl methyl sites for hydroxylation is 1. The monoisotopic (exact) mass is 235 g/mol. The Labute approximate surface area is 105 Å². The molecule has 0 saturated heterocycles.